The minimum absolute atomic E-state index is 0.122. The Morgan fingerprint density at radius 1 is 0.474 bits per heavy atom. The van der Waals surface area contributed by atoms with Crippen molar-refractivity contribution in [1.29, 1.82) is 0 Å². The molecule has 432 valence electrons. The number of hydroxylamine groups is 4. The zero-order valence-electron chi connectivity index (χ0n) is 43.1. The van der Waals surface area contributed by atoms with Gasteiger partial charge in [-0.25, -0.2) is 19.7 Å². The highest BCUT2D eigenvalue weighted by atomic mass is 16.5. The number of nitrogens with zero attached hydrogens (tertiary/aromatic N) is 2. The van der Waals surface area contributed by atoms with Gasteiger partial charge in [0.2, 0.25) is 59.1 Å². The Labute approximate surface area is 438 Å². The Morgan fingerprint density at radius 3 is 1.25 bits per heavy atom. The number of aliphatic carboxylic acids is 2. The Hall–Kier alpha value is -6.86. The van der Waals surface area contributed by atoms with Crippen LogP contribution in [-0.4, -0.2) is 203 Å². The smallest absolute Gasteiger partial charge is 0.335 e. The average Bonchev–Trinajstić information content (AvgIpc) is 3.36. The van der Waals surface area contributed by atoms with Crippen molar-refractivity contribution in [2.45, 2.75) is 172 Å². The van der Waals surface area contributed by atoms with Crippen molar-refractivity contribution >= 4 is 71.0 Å². The van der Waals surface area contributed by atoms with Crippen LogP contribution < -0.4 is 43.0 Å². The minimum atomic E-state index is -2.53. The van der Waals surface area contributed by atoms with Gasteiger partial charge in [-0.3, -0.25) is 58.4 Å². The maximum absolute atomic E-state index is 13.8. The van der Waals surface area contributed by atoms with Gasteiger partial charge in [0.15, 0.2) is 6.10 Å². The molecule has 8 atom stereocenters. The zero-order valence-corrected chi connectivity index (χ0v) is 43.1. The van der Waals surface area contributed by atoms with Crippen LogP contribution in [0, 0.1) is 0 Å². The summed E-state index contributed by atoms with van der Waals surface area (Å²) in [7, 11) is 0. The van der Waals surface area contributed by atoms with E-state index in [-0.39, 0.29) is 37.3 Å². The predicted molar refractivity (Wildman–Crippen MR) is 262 cm³/mol. The fraction of sp³-hybridized carbons (Fsp3) is 0.696. The zero-order chi connectivity index (χ0) is 57.9. The van der Waals surface area contributed by atoms with Crippen LogP contribution in [0.25, 0.3) is 0 Å². The molecule has 0 spiro atoms. The van der Waals surface area contributed by atoms with Crippen LogP contribution in [-0.2, 0) is 57.5 Å². The third-order valence-corrected chi connectivity index (χ3v) is 11.3. The number of aliphatic hydroxyl groups excluding tert-OH is 4. The van der Waals surface area contributed by atoms with Crippen molar-refractivity contribution in [3.63, 3.8) is 0 Å². The number of nitrogens with two attached hydrogens (primary N) is 1. The van der Waals surface area contributed by atoms with E-state index in [1.807, 2.05) is 16.7 Å². The lowest BCUT2D eigenvalue weighted by Crippen LogP contribution is -2.62. The Bertz CT molecular complexity index is 1960. The molecule has 0 bridgehead atoms. The van der Waals surface area contributed by atoms with E-state index in [1.54, 1.807) is 0 Å². The fourth-order valence-electron chi connectivity index (χ4n) is 6.82. The van der Waals surface area contributed by atoms with Crippen molar-refractivity contribution in [3.8, 4) is 0 Å². The molecule has 30 heteroatoms. The lowest BCUT2D eigenvalue weighted by atomic mass is 10.1. The summed E-state index contributed by atoms with van der Waals surface area (Å²) in [5, 5.41) is 94.2. The van der Waals surface area contributed by atoms with E-state index in [0.29, 0.717) is 17.9 Å². The highest BCUT2D eigenvalue weighted by molar-refractivity contribution is 5.98. The summed E-state index contributed by atoms with van der Waals surface area (Å²) < 4.78 is 0. The molecule has 0 fully saturated rings. The second-order valence-electron chi connectivity index (χ2n) is 17.6. The van der Waals surface area contributed by atoms with E-state index in [9.17, 15) is 98.6 Å². The summed E-state index contributed by atoms with van der Waals surface area (Å²) in [6.45, 7) is -0.160. The average molecular weight is 1090 g/mol. The number of nitrogens with one attached hydrogen (secondary N) is 7. The number of allylic oxidation sites excluding steroid dienone is 2. The summed E-state index contributed by atoms with van der Waals surface area (Å²) >= 11 is 0. The number of primary amides is 1. The first-order valence-electron chi connectivity index (χ1n) is 24.8. The third kappa shape index (κ3) is 28.7. The molecular weight excluding hydrogens is 1010 g/mol. The summed E-state index contributed by atoms with van der Waals surface area (Å²) in [5.41, 5.74) is 5.27. The summed E-state index contributed by atoms with van der Waals surface area (Å²) in [5.74, 6) is -14.8. The fourth-order valence-corrected chi connectivity index (χ4v) is 6.82. The molecule has 0 aromatic heterocycles. The second kappa shape index (κ2) is 38.7. The van der Waals surface area contributed by atoms with Crippen LogP contribution in [0.2, 0.25) is 0 Å². The number of rotatable bonds is 41. The highest BCUT2D eigenvalue weighted by Gasteiger charge is 2.37. The Morgan fingerprint density at radius 2 is 0.855 bits per heavy atom. The Balaban J connectivity index is 6.17. The topological polar surface area (TPSA) is 483 Å². The van der Waals surface area contributed by atoms with Gasteiger partial charge in [0, 0.05) is 39.8 Å². The molecule has 30 nitrogen and oxygen atoms in total. The van der Waals surface area contributed by atoms with Crippen molar-refractivity contribution in [2.24, 2.45) is 5.73 Å². The first-order chi connectivity index (χ1) is 35.8. The van der Waals surface area contributed by atoms with Crippen LogP contribution in [0.3, 0.4) is 0 Å². The van der Waals surface area contributed by atoms with E-state index >= 15 is 0 Å². The van der Waals surface area contributed by atoms with Gasteiger partial charge in [-0.2, -0.15) is 0 Å². The molecule has 10 amide bonds. The van der Waals surface area contributed by atoms with Crippen LogP contribution in [0.5, 0.6) is 0 Å². The number of carbonyl (C=O) groups is 12. The van der Waals surface area contributed by atoms with Gasteiger partial charge in [0.1, 0.15) is 42.3 Å². The first-order valence-corrected chi connectivity index (χ1v) is 24.8. The number of amides is 10. The molecule has 0 saturated carbocycles. The molecule has 0 radical (unpaired) electrons. The lowest BCUT2D eigenvalue weighted by molar-refractivity contribution is -0.163. The SMILES string of the molecule is CCCCCC/C=C\CCCCCC(=O)NC(C(=O)NC(CO)C(=O)NC(CO)C(=O)NC(CCC(N)=O)C(=O)NC(CCCN(O)C(C)=O)C(=O)NC(CO)C(=O)NC(CCCN(O)C(C)=O)C(=O)O)C(O)C(=O)O. The summed E-state index contributed by atoms with van der Waals surface area (Å²) in [4.78, 5) is 151. The number of carbonyl (C=O) groups excluding carboxylic acids is 10. The van der Waals surface area contributed by atoms with Crippen LogP contribution in [0.1, 0.15) is 124 Å². The molecule has 0 aliphatic carbocycles. The van der Waals surface area contributed by atoms with Crippen molar-refractivity contribution in [3.05, 3.63) is 12.2 Å². The van der Waals surface area contributed by atoms with Crippen molar-refractivity contribution < 1.29 is 98.6 Å². The van der Waals surface area contributed by atoms with E-state index in [2.05, 4.69) is 39.6 Å². The first kappa shape index (κ1) is 69.1. The van der Waals surface area contributed by atoms with E-state index in [0.717, 1.165) is 52.4 Å². The van der Waals surface area contributed by atoms with Crippen molar-refractivity contribution in [2.75, 3.05) is 32.9 Å². The largest absolute Gasteiger partial charge is 0.480 e. The second-order valence-corrected chi connectivity index (χ2v) is 17.6. The number of aliphatic hydroxyl groups is 4. The lowest BCUT2D eigenvalue weighted by Gasteiger charge is -2.27. The molecule has 0 heterocycles. The molecule has 0 aliphatic heterocycles. The maximum atomic E-state index is 13.8. The third-order valence-electron chi connectivity index (χ3n) is 11.3. The number of unbranched alkanes of at least 4 members (excludes halogenated alkanes) is 7. The van der Waals surface area contributed by atoms with E-state index in [1.165, 1.54) is 6.42 Å². The van der Waals surface area contributed by atoms with Crippen LogP contribution in [0.15, 0.2) is 12.2 Å². The number of carboxylic acid groups (broad SMARTS) is 2. The number of hydrogen-bond donors (Lipinski definition) is 16. The Kier molecular flexibility index (Phi) is 35.2. The van der Waals surface area contributed by atoms with E-state index in [4.69, 9.17) is 5.73 Å². The standard InChI is InChI=1S/C46H78N10O20/c1-4-5-6-7-8-9-10-11-12-13-14-19-36(63)54-37(38(64)46(73)74)44(70)53-34(26-59)43(69)52-32(24-57)41(67)49-30(20-21-35(47)62)40(66)48-29(17-15-22-55(75)27(2)60)39(65)51-33(25-58)42(68)50-31(45(71)72)18-16-23-56(76)28(3)61/h9-10,29-34,37-38,57-59,64,75-76H,4-8,11-26H2,1-3H3,(H2,47,62)(H,48,66)(H,49,67)(H,50,68)(H,51,65)(H,52,69)(H,53,70)(H,54,63)(H,71,72)(H,73,74)/b10-9-. The molecule has 17 N–H and O–H groups in total. The van der Waals surface area contributed by atoms with E-state index < -0.39 is 165 Å². The molecule has 8 unspecified atom stereocenters. The quantitative estimate of drug-likeness (QED) is 0.0119. The minimum Gasteiger partial charge on any atom is -0.480 e. The number of carboxylic acids is 2. The normalized spacial score (nSPS) is 14.2. The highest BCUT2D eigenvalue weighted by Crippen LogP contribution is 2.10. The van der Waals surface area contributed by atoms with Gasteiger partial charge in [-0.05, 0) is 64.2 Å². The van der Waals surface area contributed by atoms with Crippen LogP contribution >= 0.6 is 0 Å². The van der Waals surface area contributed by atoms with Gasteiger partial charge >= 0.3 is 11.9 Å². The van der Waals surface area contributed by atoms with Gasteiger partial charge < -0.3 is 73.6 Å². The molecule has 0 aromatic carbocycles. The molecule has 0 saturated heterocycles. The number of hydrogen-bond acceptors (Lipinski definition) is 18. The molecule has 0 rings (SSSR count). The molecule has 0 aliphatic rings. The van der Waals surface area contributed by atoms with Gasteiger partial charge in [-0.1, -0.05) is 44.8 Å². The maximum Gasteiger partial charge on any atom is 0.335 e. The van der Waals surface area contributed by atoms with Gasteiger partial charge in [0.25, 0.3) is 0 Å². The van der Waals surface area contributed by atoms with Gasteiger partial charge in [0.05, 0.1) is 19.8 Å². The molecule has 0 aromatic rings. The summed E-state index contributed by atoms with van der Waals surface area (Å²) in [6.07, 6.45) is 7.05. The summed E-state index contributed by atoms with van der Waals surface area (Å²) in [6, 6.07) is -13.3. The molecule has 76 heavy (non-hydrogen) atoms. The predicted octanol–water partition coefficient (Wildman–Crippen LogP) is -4.33. The monoisotopic (exact) mass is 1090 g/mol. The van der Waals surface area contributed by atoms with Crippen molar-refractivity contribution in [1.82, 2.24) is 47.3 Å². The molecular formula is C46H78N10O20. The van der Waals surface area contributed by atoms with Crippen LogP contribution in [0.4, 0.5) is 0 Å². The van der Waals surface area contributed by atoms with Gasteiger partial charge in [-0.15, -0.1) is 0 Å².